The van der Waals surface area contributed by atoms with E-state index in [2.05, 4.69) is 10.3 Å². The fraction of sp³-hybridized carbons (Fsp3) is 0.556. The molecule has 1 rings (SSSR count). The van der Waals surface area contributed by atoms with Crippen LogP contribution in [0, 0.1) is 6.92 Å². The largest absolute Gasteiger partial charge is 0.444 e. The molecule has 0 spiro atoms. The van der Waals surface area contributed by atoms with Gasteiger partial charge in [-0.15, -0.1) is 0 Å². The SMILES string of the molecule is Cc1cnc(CNC(=O)CCCN)o1. The van der Waals surface area contributed by atoms with E-state index in [0.29, 0.717) is 31.8 Å². The molecule has 0 saturated carbocycles. The lowest BCUT2D eigenvalue weighted by Crippen LogP contribution is -2.23. The van der Waals surface area contributed by atoms with Crippen LogP contribution in [0.1, 0.15) is 24.5 Å². The van der Waals surface area contributed by atoms with Gasteiger partial charge in [0.05, 0.1) is 12.7 Å². The summed E-state index contributed by atoms with van der Waals surface area (Å²) < 4.78 is 5.19. The quantitative estimate of drug-likeness (QED) is 0.713. The van der Waals surface area contributed by atoms with Gasteiger partial charge >= 0.3 is 0 Å². The van der Waals surface area contributed by atoms with Gasteiger partial charge in [0.25, 0.3) is 0 Å². The van der Waals surface area contributed by atoms with Gasteiger partial charge in [-0.05, 0) is 19.9 Å². The number of nitrogens with two attached hydrogens (primary N) is 1. The maximum absolute atomic E-state index is 11.1. The third kappa shape index (κ3) is 3.57. The molecule has 0 bridgehead atoms. The Balaban J connectivity index is 2.23. The summed E-state index contributed by atoms with van der Waals surface area (Å²) >= 11 is 0. The van der Waals surface area contributed by atoms with Crippen LogP contribution in [0.4, 0.5) is 0 Å². The lowest BCUT2D eigenvalue weighted by atomic mass is 10.3. The first-order valence-electron chi connectivity index (χ1n) is 4.60. The number of aryl methyl sites for hydroxylation is 1. The lowest BCUT2D eigenvalue weighted by molar-refractivity contribution is -0.121. The summed E-state index contributed by atoms with van der Waals surface area (Å²) in [6.07, 6.45) is 2.79. The van der Waals surface area contributed by atoms with Gasteiger partial charge < -0.3 is 15.5 Å². The zero-order chi connectivity index (χ0) is 10.4. The maximum Gasteiger partial charge on any atom is 0.220 e. The molecule has 1 aromatic heterocycles. The van der Waals surface area contributed by atoms with Crippen molar-refractivity contribution in [3.05, 3.63) is 17.8 Å². The molecule has 0 radical (unpaired) electrons. The molecule has 1 amide bonds. The molecule has 0 aliphatic heterocycles. The predicted octanol–water partition coefficient (Wildman–Crippen LogP) is 0.338. The van der Waals surface area contributed by atoms with Crippen molar-refractivity contribution in [3.63, 3.8) is 0 Å². The number of aromatic nitrogens is 1. The van der Waals surface area contributed by atoms with Gasteiger partial charge in [-0.1, -0.05) is 0 Å². The van der Waals surface area contributed by atoms with Crippen molar-refractivity contribution >= 4 is 5.91 Å². The van der Waals surface area contributed by atoms with E-state index in [-0.39, 0.29) is 5.91 Å². The van der Waals surface area contributed by atoms with Crippen LogP contribution < -0.4 is 11.1 Å². The average molecular weight is 197 g/mol. The van der Waals surface area contributed by atoms with Crippen LogP contribution >= 0.6 is 0 Å². The Labute approximate surface area is 82.7 Å². The highest BCUT2D eigenvalue weighted by Crippen LogP contribution is 2.00. The molecule has 0 unspecified atom stereocenters. The van der Waals surface area contributed by atoms with E-state index in [1.165, 1.54) is 0 Å². The predicted molar refractivity (Wildman–Crippen MR) is 51.4 cm³/mol. The van der Waals surface area contributed by atoms with Gasteiger partial charge in [-0.2, -0.15) is 0 Å². The topological polar surface area (TPSA) is 81.2 Å². The smallest absolute Gasteiger partial charge is 0.220 e. The molecule has 5 heteroatoms. The standard InChI is InChI=1S/C9H15N3O2/c1-7-5-12-9(14-7)6-11-8(13)3-2-4-10/h5H,2-4,6,10H2,1H3,(H,11,13). The molecule has 5 nitrogen and oxygen atoms in total. The van der Waals surface area contributed by atoms with E-state index in [1.807, 2.05) is 6.92 Å². The zero-order valence-corrected chi connectivity index (χ0v) is 8.25. The number of nitrogens with one attached hydrogen (secondary N) is 1. The molecule has 0 aromatic carbocycles. The Kier molecular flexibility index (Phi) is 4.12. The molecule has 0 aliphatic carbocycles. The zero-order valence-electron chi connectivity index (χ0n) is 8.25. The second-order valence-corrected chi connectivity index (χ2v) is 3.03. The van der Waals surface area contributed by atoms with Gasteiger partial charge in [0.2, 0.25) is 11.8 Å². The highest BCUT2D eigenvalue weighted by atomic mass is 16.4. The minimum Gasteiger partial charge on any atom is -0.444 e. The summed E-state index contributed by atoms with van der Waals surface area (Å²) in [4.78, 5) is 15.1. The van der Waals surface area contributed by atoms with Crippen molar-refractivity contribution < 1.29 is 9.21 Å². The van der Waals surface area contributed by atoms with Crippen molar-refractivity contribution in [3.8, 4) is 0 Å². The van der Waals surface area contributed by atoms with Crippen LogP contribution in [-0.2, 0) is 11.3 Å². The molecule has 78 valence electrons. The number of carbonyl (C=O) groups is 1. The van der Waals surface area contributed by atoms with E-state index in [9.17, 15) is 4.79 Å². The van der Waals surface area contributed by atoms with Crippen LogP contribution in [0.2, 0.25) is 0 Å². The first kappa shape index (κ1) is 10.7. The molecule has 0 fully saturated rings. The molecule has 0 saturated heterocycles. The number of rotatable bonds is 5. The van der Waals surface area contributed by atoms with Gasteiger partial charge in [-0.25, -0.2) is 4.98 Å². The molecule has 0 aliphatic rings. The Bertz CT molecular complexity index is 296. The van der Waals surface area contributed by atoms with E-state index in [0.717, 1.165) is 5.76 Å². The van der Waals surface area contributed by atoms with Gasteiger partial charge in [0, 0.05) is 6.42 Å². The molecular formula is C9H15N3O2. The Morgan fingerprint density at radius 2 is 2.50 bits per heavy atom. The second-order valence-electron chi connectivity index (χ2n) is 3.03. The Hall–Kier alpha value is -1.36. The highest BCUT2D eigenvalue weighted by molar-refractivity contribution is 5.75. The number of oxazole rings is 1. The normalized spacial score (nSPS) is 10.1. The van der Waals surface area contributed by atoms with Gasteiger partial charge in [0.1, 0.15) is 5.76 Å². The van der Waals surface area contributed by atoms with E-state index in [1.54, 1.807) is 6.20 Å². The third-order valence-corrected chi connectivity index (χ3v) is 1.71. The molecule has 0 atom stereocenters. The second kappa shape index (κ2) is 5.39. The third-order valence-electron chi connectivity index (χ3n) is 1.71. The first-order chi connectivity index (χ1) is 6.72. The summed E-state index contributed by atoms with van der Waals surface area (Å²) in [6.45, 7) is 2.69. The number of hydrogen-bond donors (Lipinski definition) is 2. The fourth-order valence-electron chi connectivity index (χ4n) is 1.01. The Morgan fingerprint density at radius 3 is 3.07 bits per heavy atom. The lowest BCUT2D eigenvalue weighted by Gasteiger charge is -2.00. The summed E-state index contributed by atoms with van der Waals surface area (Å²) in [7, 11) is 0. The number of hydrogen-bond acceptors (Lipinski definition) is 4. The van der Waals surface area contributed by atoms with Crippen LogP contribution in [0.5, 0.6) is 0 Å². The van der Waals surface area contributed by atoms with Crippen LogP contribution in [0.15, 0.2) is 10.6 Å². The van der Waals surface area contributed by atoms with Crippen molar-refractivity contribution in [1.82, 2.24) is 10.3 Å². The molecule has 3 N–H and O–H groups in total. The van der Waals surface area contributed by atoms with E-state index < -0.39 is 0 Å². The first-order valence-corrected chi connectivity index (χ1v) is 4.60. The fourth-order valence-corrected chi connectivity index (χ4v) is 1.01. The minimum atomic E-state index is -0.0219. The highest BCUT2D eigenvalue weighted by Gasteiger charge is 2.03. The molecule has 1 aromatic rings. The molecule has 1 heterocycles. The summed E-state index contributed by atoms with van der Waals surface area (Å²) in [5.74, 6) is 1.26. The number of amides is 1. The van der Waals surface area contributed by atoms with Crippen LogP contribution in [0.3, 0.4) is 0 Å². The van der Waals surface area contributed by atoms with Crippen LogP contribution in [0.25, 0.3) is 0 Å². The molecular weight excluding hydrogens is 182 g/mol. The van der Waals surface area contributed by atoms with Crippen molar-refractivity contribution in [2.45, 2.75) is 26.3 Å². The minimum absolute atomic E-state index is 0.0219. The summed E-state index contributed by atoms with van der Waals surface area (Å²) in [6, 6.07) is 0. The van der Waals surface area contributed by atoms with E-state index in [4.69, 9.17) is 10.2 Å². The van der Waals surface area contributed by atoms with Gasteiger partial charge in [0.15, 0.2) is 0 Å². The maximum atomic E-state index is 11.1. The molecule has 14 heavy (non-hydrogen) atoms. The average Bonchev–Trinajstić information content (AvgIpc) is 2.58. The number of nitrogens with zero attached hydrogens (tertiary/aromatic N) is 1. The van der Waals surface area contributed by atoms with Crippen molar-refractivity contribution in [2.75, 3.05) is 6.54 Å². The van der Waals surface area contributed by atoms with E-state index >= 15 is 0 Å². The summed E-state index contributed by atoms with van der Waals surface area (Å²) in [5, 5.41) is 2.70. The summed E-state index contributed by atoms with van der Waals surface area (Å²) in [5.41, 5.74) is 5.28. The van der Waals surface area contributed by atoms with Crippen LogP contribution in [-0.4, -0.2) is 17.4 Å². The van der Waals surface area contributed by atoms with Gasteiger partial charge in [-0.3, -0.25) is 4.79 Å². The number of carbonyl (C=O) groups excluding carboxylic acids is 1. The Morgan fingerprint density at radius 1 is 1.71 bits per heavy atom. The van der Waals surface area contributed by atoms with Crippen molar-refractivity contribution in [2.24, 2.45) is 5.73 Å². The van der Waals surface area contributed by atoms with Crippen molar-refractivity contribution in [1.29, 1.82) is 0 Å². The monoisotopic (exact) mass is 197 g/mol.